The molecule has 22 heteroatoms. The standard InChI is InChI=1S/C43H62F12O10/c1-6-34(4,31(58)64-29-18-27(38(61,40(44,45)46)41(47,48)49)17-28(19-29)39(62,42(50,51)52)43(53,54)55)11-7-8-12-35(5,13-9-10-33(2,3)30(57)63-15-14-56)32(59)65-37-22-25-16-26(23-37)21-36(60,20-25)24-37/h25-29,56,60-62H,6-24H2,1-5H3. The molecule has 378 valence electrons. The molecule has 5 aliphatic rings. The summed E-state index contributed by atoms with van der Waals surface area (Å²) in [6, 6.07) is 0. The zero-order chi connectivity index (χ0) is 49.7. The molecular formula is C43H62F12O10. The highest BCUT2D eigenvalue weighted by Crippen LogP contribution is 2.60. The number of carbonyl (C=O) groups is 3. The van der Waals surface area contributed by atoms with Crippen molar-refractivity contribution in [1.82, 2.24) is 0 Å². The number of esters is 3. The van der Waals surface area contributed by atoms with E-state index in [1.165, 1.54) is 13.8 Å². The first-order valence-corrected chi connectivity index (χ1v) is 22.0. The smallest absolute Gasteiger partial charge is 0.426 e. The van der Waals surface area contributed by atoms with Crippen LogP contribution in [0.2, 0.25) is 0 Å². The van der Waals surface area contributed by atoms with Crippen LogP contribution in [0.4, 0.5) is 52.7 Å². The van der Waals surface area contributed by atoms with Crippen LogP contribution in [0.1, 0.15) is 144 Å². The molecule has 65 heavy (non-hydrogen) atoms. The topological polar surface area (TPSA) is 160 Å². The highest BCUT2D eigenvalue weighted by molar-refractivity contribution is 5.78. The van der Waals surface area contributed by atoms with Crippen LogP contribution in [0, 0.1) is 39.9 Å². The van der Waals surface area contributed by atoms with Gasteiger partial charge in [-0.1, -0.05) is 26.2 Å². The molecule has 6 unspecified atom stereocenters. The van der Waals surface area contributed by atoms with E-state index in [4.69, 9.17) is 19.3 Å². The van der Waals surface area contributed by atoms with Crippen LogP contribution >= 0.6 is 0 Å². The number of alkyl halides is 12. The van der Waals surface area contributed by atoms with E-state index in [2.05, 4.69) is 0 Å². The van der Waals surface area contributed by atoms with E-state index in [1.54, 1.807) is 20.8 Å². The number of unbranched alkanes of at least 4 members (excludes halogenated alkanes) is 1. The van der Waals surface area contributed by atoms with E-state index < -0.39 is 118 Å². The van der Waals surface area contributed by atoms with Crippen molar-refractivity contribution in [1.29, 1.82) is 0 Å². The molecule has 0 amide bonds. The Balaban J connectivity index is 1.54. The van der Waals surface area contributed by atoms with Crippen molar-refractivity contribution in [2.45, 2.75) is 197 Å². The van der Waals surface area contributed by atoms with Crippen molar-refractivity contribution >= 4 is 17.9 Å². The summed E-state index contributed by atoms with van der Waals surface area (Å²) in [4.78, 5) is 40.7. The number of rotatable bonds is 19. The maximum absolute atomic E-state index is 14.3. The van der Waals surface area contributed by atoms with Gasteiger partial charge in [-0.3, -0.25) is 14.4 Å². The maximum atomic E-state index is 14.3. The number of carbonyl (C=O) groups excluding carboxylic acids is 3. The molecule has 5 rings (SSSR count). The van der Waals surface area contributed by atoms with Gasteiger partial charge in [0.15, 0.2) is 0 Å². The molecule has 0 aromatic carbocycles. The molecular weight excluding hydrogens is 904 g/mol. The van der Waals surface area contributed by atoms with E-state index in [0.717, 1.165) is 6.42 Å². The summed E-state index contributed by atoms with van der Waals surface area (Å²) in [5.41, 5.74) is -17.5. The summed E-state index contributed by atoms with van der Waals surface area (Å²) < 4.78 is 184. The van der Waals surface area contributed by atoms with Crippen molar-refractivity contribution in [3.63, 3.8) is 0 Å². The molecule has 0 aliphatic heterocycles. The van der Waals surface area contributed by atoms with Gasteiger partial charge in [0.2, 0.25) is 0 Å². The molecule has 0 saturated heterocycles. The first-order valence-electron chi connectivity index (χ1n) is 22.0. The Labute approximate surface area is 369 Å². The van der Waals surface area contributed by atoms with Gasteiger partial charge in [0.25, 0.3) is 11.2 Å². The highest BCUT2D eigenvalue weighted by atomic mass is 19.4. The Kier molecular flexibility index (Phi) is 15.8. The second-order valence-electron chi connectivity index (χ2n) is 20.7. The molecule has 4 N–H and O–H groups in total. The van der Waals surface area contributed by atoms with Gasteiger partial charge >= 0.3 is 42.6 Å². The SMILES string of the molecule is CCC(C)(CCCCC(C)(CCCC(C)(C)C(=O)OCCO)C(=O)OC12CC3CC(CC(O)(C3)C1)C2)C(=O)OC1CC(C(O)(C(F)(F)F)C(F)(F)F)CC(C(O)(C(F)(F)F)C(F)(F)F)C1. The Bertz CT molecular complexity index is 1610. The minimum absolute atomic E-state index is 0.0933. The Hall–Kier alpha value is -2.59. The summed E-state index contributed by atoms with van der Waals surface area (Å²) in [6.07, 6.45) is -30.4. The molecule has 10 nitrogen and oxygen atoms in total. The fraction of sp³-hybridized carbons (Fsp3) is 0.930. The van der Waals surface area contributed by atoms with Crippen molar-refractivity contribution in [2.75, 3.05) is 13.2 Å². The van der Waals surface area contributed by atoms with Gasteiger partial charge in [-0.25, -0.2) is 0 Å². The summed E-state index contributed by atoms with van der Waals surface area (Å²) in [5.74, 6) is -9.15. The third-order valence-electron chi connectivity index (χ3n) is 15.0. The van der Waals surface area contributed by atoms with E-state index >= 15 is 0 Å². The number of hydrogen-bond acceptors (Lipinski definition) is 10. The fourth-order valence-electron chi connectivity index (χ4n) is 11.3. The first-order chi connectivity index (χ1) is 29.4. The number of ether oxygens (including phenoxy) is 3. The minimum atomic E-state index is -6.68. The lowest BCUT2D eigenvalue weighted by atomic mass is 9.52. The van der Waals surface area contributed by atoms with Gasteiger partial charge in [-0.2, -0.15) is 52.7 Å². The van der Waals surface area contributed by atoms with Gasteiger partial charge in [0, 0.05) is 18.3 Å². The highest BCUT2D eigenvalue weighted by Gasteiger charge is 2.78. The number of aliphatic hydroxyl groups is 4. The molecule has 6 atom stereocenters. The summed E-state index contributed by atoms with van der Waals surface area (Å²) in [6.45, 7) is 7.03. The lowest BCUT2D eigenvalue weighted by Crippen LogP contribution is -2.67. The number of aliphatic hydroxyl groups excluding tert-OH is 1. The molecule has 0 aromatic rings. The van der Waals surface area contributed by atoms with Crippen LogP contribution < -0.4 is 0 Å². The van der Waals surface area contributed by atoms with Crippen molar-refractivity contribution in [3.05, 3.63) is 0 Å². The van der Waals surface area contributed by atoms with Crippen LogP contribution in [0.15, 0.2) is 0 Å². The summed E-state index contributed by atoms with van der Waals surface area (Å²) >= 11 is 0. The minimum Gasteiger partial charge on any atom is -0.463 e. The molecule has 5 aliphatic carbocycles. The normalized spacial score (nSPS) is 29.8. The summed E-state index contributed by atoms with van der Waals surface area (Å²) in [7, 11) is 0. The third-order valence-corrected chi connectivity index (χ3v) is 15.0. The van der Waals surface area contributed by atoms with Gasteiger partial charge in [0.1, 0.15) is 18.3 Å². The average molecular weight is 967 g/mol. The van der Waals surface area contributed by atoms with Gasteiger partial charge in [-0.15, -0.1) is 0 Å². The molecule has 5 fully saturated rings. The van der Waals surface area contributed by atoms with Gasteiger partial charge in [-0.05, 0) is 123 Å². The Morgan fingerprint density at radius 1 is 0.600 bits per heavy atom. The molecule has 0 radical (unpaired) electrons. The Morgan fingerprint density at radius 3 is 1.46 bits per heavy atom. The Morgan fingerprint density at radius 2 is 1.05 bits per heavy atom. The second-order valence-corrected chi connectivity index (χ2v) is 20.7. The van der Waals surface area contributed by atoms with Crippen LogP contribution in [0.25, 0.3) is 0 Å². The van der Waals surface area contributed by atoms with Crippen molar-refractivity contribution in [2.24, 2.45) is 39.9 Å². The fourth-order valence-corrected chi connectivity index (χ4v) is 11.3. The second kappa shape index (κ2) is 18.7. The molecule has 5 saturated carbocycles. The van der Waals surface area contributed by atoms with Gasteiger partial charge in [0.05, 0.1) is 28.5 Å². The van der Waals surface area contributed by atoms with Crippen molar-refractivity contribution in [3.8, 4) is 0 Å². The quantitative estimate of drug-likeness (QED) is 0.0425. The number of hydrogen-bond donors (Lipinski definition) is 4. The van der Waals surface area contributed by atoms with Crippen LogP contribution in [-0.2, 0) is 28.6 Å². The van der Waals surface area contributed by atoms with Crippen molar-refractivity contribution < 1.29 is 102 Å². The monoisotopic (exact) mass is 966 g/mol. The van der Waals surface area contributed by atoms with E-state index in [9.17, 15) is 82.4 Å². The zero-order valence-corrected chi connectivity index (χ0v) is 37.1. The molecule has 4 bridgehead atoms. The first kappa shape index (κ1) is 55.0. The summed E-state index contributed by atoms with van der Waals surface area (Å²) in [5, 5.41) is 40.6. The average Bonchev–Trinajstić information content (AvgIpc) is 3.14. The molecule has 0 heterocycles. The van der Waals surface area contributed by atoms with Crippen LogP contribution in [0.3, 0.4) is 0 Å². The predicted molar refractivity (Wildman–Crippen MR) is 204 cm³/mol. The molecule has 0 spiro atoms. The van der Waals surface area contributed by atoms with Crippen LogP contribution in [-0.4, -0.2) is 105 Å². The largest absolute Gasteiger partial charge is 0.463 e. The predicted octanol–water partition coefficient (Wildman–Crippen LogP) is 9.37. The van der Waals surface area contributed by atoms with E-state index in [-0.39, 0.29) is 76.4 Å². The van der Waals surface area contributed by atoms with Gasteiger partial charge < -0.3 is 34.6 Å². The third kappa shape index (κ3) is 11.3. The number of halogens is 12. The van der Waals surface area contributed by atoms with E-state index in [1.807, 2.05) is 0 Å². The lowest BCUT2D eigenvalue weighted by Gasteiger charge is -2.59. The van der Waals surface area contributed by atoms with Crippen LogP contribution in [0.5, 0.6) is 0 Å². The lowest BCUT2D eigenvalue weighted by molar-refractivity contribution is -0.405. The zero-order valence-electron chi connectivity index (χ0n) is 37.1. The molecule has 0 aromatic heterocycles. The maximum Gasteiger partial charge on any atom is 0.426 e. The van der Waals surface area contributed by atoms with E-state index in [0.29, 0.717) is 32.1 Å².